The average molecular weight is 440 g/mol. The van der Waals surface area contributed by atoms with E-state index in [9.17, 15) is 18.7 Å². The fraction of sp³-hybridized carbons (Fsp3) is 0.280. The minimum atomic E-state index is -0.990. The SMILES string of the molecule is CCc1cccc(CNC[C@H](O)[C@@H](Cc2cc(F)cc(F)c2)NC(=O)c2cccnc2)c1. The van der Waals surface area contributed by atoms with E-state index in [1.807, 2.05) is 12.1 Å². The van der Waals surface area contributed by atoms with E-state index in [0.29, 0.717) is 17.7 Å². The van der Waals surface area contributed by atoms with Crippen molar-refractivity contribution in [2.45, 2.75) is 38.5 Å². The van der Waals surface area contributed by atoms with Gasteiger partial charge in [-0.1, -0.05) is 31.2 Å². The number of aliphatic hydroxyl groups is 1. The third kappa shape index (κ3) is 6.93. The van der Waals surface area contributed by atoms with Crippen LogP contribution in [-0.4, -0.2) is 34.7 Å². The average Bonchev–Trinajstić information content (AvgIpc) is 2.78. The number of carbonyl (C=O) groups excluding carboxylic acids is 1. The predicted octanol–water partition coefficient (Wildman–Crippen LogP) is 3.41. The molecule has 0 spiro atoms. The molecule has 2 aromatic carbocycles. The molecule has 1 amide bonds. The van der Waals surface area contributed by atoms with Crippen LogP contribution in [0.25, 0.3) is 0 Å². The quantitative estimate of drug-likeness (QED) is 0.453. The molecule has 0 bridgehead atoms. The Morgan fingerprint density at radius 1 is 1.03 bits per heavy atom. The van der Waals surface area contributed by atoms with Crippen LogP contribution in [0.5, 0.6) is 0 Å². The second kappa shape index (κ2) is 11.5. The highest BCUT2D eigenvalue weighted by Crippen LogP contribution is 2.13. The highest BCUT2D eigenvalue weighted by Gasteiger charge is 2.23. The number of benzene rings is 2. The van der Waals surface area contributed by atoms with Crippen molar-refractivity contribution in [3.8, 4) is 0 Å². The first-order valence-corrected chi connectivity index (χ1v) is 10.6. The van der Waals surface area contributed by atoms with E-state index in [0.717, 1.165) is 18.1 Å². The molecule has 0 unspecified atom stereocenters. The number of hydrogen-bond donors (Lipinski definition) is 3. The van der Waals surface area contributed by atoms with Gasteiger partial charge in [0.25, 0.3) is 5.91 Å². The molecule has 0 saturated carbocycles. The zero-order valence-corrected chi connectivity index (χ0v) is 17.9. The molecule has 0 aliphatic heterocycles. The second-order valence-electron chi connectivity index (χ2n) is 7.68. The molecule has 0 aliphatic rings. The number of aromatic nitrogens is 1. The summed E-state index contributed by atoms with van der Waals surface area (Å²) in [5.74, 6) is -1.84. The van der Waals surface area contributed by atoms with E-state index < -0.39 is 29.7 Å². The van der Waals surface area contributed by atoms with E-state index in [2.05, 4.69) is 34.7 Å². The lowest BCUT2D eigenvalue weighted by molar-refractivity contribution is 0.0829. The van der Waals surface area contributed by atoms with Gasteiger partial charge in [-0.25, -0.2) is 8.78 Å². The molecule has 0 saturated heterocycles. The monoisotopic (exact) mass is 439 g/mol. The number of carbonyl (C=O) groups is 1. The lowest BCUT2D eigenvalue weighted by Crippen LogP contribution is -2.48. The Labute approximate surface area is 186 Å². The Kier molecular flexibility index (Phi) is 8.41. The summed E-state index contributed by atoms with van der Waals surface area (Å²) >= 11 is 0. The van der Waals surface area contributed by atoms with E-state index in [1.165, 1.54) is 23.9 Å². The maximum Gasteiger partial charge on any atom is 0.253 e. The van der Waals surface area contributed by atoms with Crippen LogP contribution in [0.2, 0.25) is 0 Å². The van der Waals surface area contributed by atoms with Crippen LogP contribution in [0.1, 0.15) is 34.0 Å². The lowest BCUT2D eigenvalue weighted by atomic mass is 10.00. The van der Waals surface area contributed by atoms with Crippen LogP contribution >= 0.6 is 0 Å². The molecule has 3 aromatic rings. The predicted molar refractivity (Wildman–Crippen MR) is 119 cm³/mol. The molecule has 3 N–H and O–H groups in total. The smallest absolute Gasteiger partial charge is 0.253 e. The molecular weight excluding hydrogens is 412 g/mol. The van der Waals surface area contributed by atoms with Crippen LogP contribution in [0.3, 0.4) is 0 Å². The van der Waals surface area contributed by atoms with Crippen molar-refractivity contribution >= 4 is 5.91 Å². The number of pyridine rings is 1. The molecule has 1 aromatic heterocycles. The largest absolute Gasteiger partial charge is 0.390 e. The molecule has 0 fully saturated rings. The summed E-state index contributed by atoms with van der Waals surface area (Å²) in [5, 5.41) is 16.8. The first kappa shape index (κ1) is 23.5. The molecular formula is C25H27F2N3O2. The lowest BCUT2D eigenvalue weighted by Gasteiger charge is -2.25. The van der Waals surface area contributed by atoms with Gasteiger partial charge in [0.15, 0.2) is 0 Å². The van der Waals surface area contributed by atoms with Gasteiger partial charge in [-0.15, -0.1) is 0 Å². The van der Waals surface area contributed by atoms with E-state index in [1.54, 1.807) is 18.3 Å². The number of aryl methyl sites for hydroxylation is 1. The fourth-order valence-electron chi connectivity index (χ4n) is 3.48. The summed E-state index contributed by atoms with van der Waals surface area (Å²) in [6, 6.07) is 13.8. The van der Waals surface area contributed by atoms with Gasteiger partial charge in [0.05, 0.1) is 17.7 Å². The first-order chi connectivity index (χ1) is 15.4. The van der Waals surface area contributed by atoms with Gasteiger partial charge in [-0.3, -0.25) is 9.78 Å². The molecule has 2 atom stereocenters. The topological polar surface area (TPSA) is 74.2 Å². The summed E-state index contributed by atoms with van der Waals surface area (Å²) in [6.45, 7) is 2.82. The molecule has 168 valence electrons. The number of hydrogen-bond acceptors (Lipinski definition) is 4. The van der Waals surface area contributed by atoms with Gasteiger partial charge in [-0.05, 0) is 53.8 Å². The van der Waals surface area contributed by atoms with Crippen LogP contribution in [-0.2, 0) is 19.4 Å². The van der Waals surface area contributed by atoms with Gasteiger partial charge in [0.2, 0.25) is 0 Å². The highest BCUT2D eigenvalue weighted by atomic mass is 19.1. The number of amides is 1. The maximum atomic E-state index is 13.6. The third-order valence-electron chi connectivity index (χ3n) is 5.16. The number of nitrogens with one attached hydrogen (secondary N) is 2. The summed E-state index contributed by atoms with van der Waals surface area (Å²) in [6.07, 6.45) is 2.98. The Balaban J connectivity index is 1.68. The molecule has 7 heteroatoms. The van der Waals surface area contributed by atoms with Crippen molar-refractivity contribution < 1.29 is 18.7 Å². The van der Waals surface area contributed by atoms with Gasteiger partial charge in [0.1, 0.15) is 11.6 Å². The van der Waals surface area contributed by atoms with Crippen molar-refractivity contribution in [2.24, 2.45) is 0 Å². The molecule has 0 radical (unpaired) electrons. The summed E-state index contributed by atoms with van der Waals surface area (Å²) in [4.78, 5) is 16.5. The first-order valence-electron chi connectivity index (χ1n) is 10.6. The van der Waals surface area contributed by atoms with Crippen LogP contribution in [0.4, 0.5) is 8.78 Å². The second-order valence-corrected chi connectivity index (χ2v) is 7.68. The number of halogens is 2. The molecule has 5 nitrogen and oxygen atoms in total. The highest BCUT2D eigenvalue weighted by molar-refractivity contribution is 5.94. The summed E-state index contributed by atoms with van der Waals surface area (Å²) < 4.78 is 27.3. The summed E-state index contributed by atoms with van der Waals surface area (Å²) in [7, 11) is 0. The Morgan fingerprint density at radius 3 is 2.47 bits per heavy atom. The summed E-state index contributed by atoms with van der Waals surface area (Å²) in [5.41, 5.74) is 2.98. The number of rotatable bonds is 10. The number of aliphatic hydroxyl groups excluding tert-OH is 1. The van der Waals surface area contributed by atoms with Crippen LogP contribution in [0, 0.1) is 11.6 Å². The van der Waals surface area contributed by atoms with Crippen molar-refractivity contribution in [3.05, 3.63) is 101 Å². The van der Waals surface area contributed by atoms with E-state index >= 15 is 0 Å². The third-order valence-corrected chi connectivity index (χ3v) is 5.16. The Morgan fingerprint density at radius 2 is 1.78 bits per heavy atom. The molecule has 1 heterocycles. The van der Waals surface area contributed by atoms with E-state index in [4.69, 9.17) is 0 Å². The van der Waals surface area contributed by atoms with Crippen LogP contribution < -0.4 is 10.6 Å². The van der Waals surface area contributed by atoms with Crippen LogP contribution in [0.15, 0.2) is 67.0 Å². The van der Waals surface area contributed by atoms with Crippen molar-refractivity contribution in [1.82, 2.24) is 15.6 Å². The Bertz CT molecular complexity index is 1010. The maximum absolute atomic E-state index is 13.6. The van der Waals surface area contributed by atoms with Gasteiger partial charge >= 0.3 is 0 Å². The van der Waals surface area contributed by atoms with Gasteiger partial charge < -0.3 is 15.7 Å². The van der Waals surface area contributed by atoms with E-state index in [-0.39, 0.29) is 13.0 Å². The fourth-order valence-corrected chi connectivity index (χ4v) is 3.48. The van der Waals surface area contributed by atoms with Crippen molar-refractivity contribution in [1.29, 1.82) is 0 Å². The van der Waals surface area contributed by atoms with Gasteiger partial charge in [-0.2, -0.15) is 0 Å². The molecule has 0 aliphatic carbocycles. The van der Waals surface area contributed by atoms with Crippen molar-refractivity contribution in [3.63, 3.8) is 0 Å². The molecule has 32 heavy (non-hydrogen) atoms. The Hall–Kier alpha value is -3.16. The number of nitrogens with zero attached hydrogens (tertiary/aromatic N) is 1. The molecule has 3 rings (SSSR count). The minimum Gasteiger partial charge on any atom is -0.390 e. The minimum absolute atomic E-state index is 0.0643. The van der Waals surface area contributed by atoms with Gasteiger partial charge in [0, 0.05) is 31.5 Å². The van der Waals surface area contributed by atoms with Crippen molar-refractivity contribution in [2.75, 3.05) is 6.54 Å². The normalized spacial score (nSPS) is 12.9. The zero-order valence-electron chi connectivity index (χ0n) is 17.9. The standard InChI is InChI=1S/C25H27F2N3O2/c1-2-17-5-3-6-18(9-17)14-29-16-24(31)23(12-19-10-21(26)13-22(27)11-19)30-25(32)20-7-4-8-28-15-20/h3-11,13,15,23-24,29,31H,2,12,14,16H2,1H3,(H,30,32)/t23-,24+/m1/s1. The zero-order chi connectivity index (χ0) is 22.9.